The fourth-order valence-corrected chi connectivity index (χ4v) is 4.04. The van der Waals surface area contributed by atoms with E-state index in [0.717, 1.165) is 28.6 Å². The zero-order chi connectivity index (χ0) is 20.8. The molecular weight excluding hydrogens is 372 g/mol. The lowest BCUT2D eigenvalue weighted by atomic mass is 10.1. The van der Waals surface area contributed by atoms with Gasteiger partial charge in [-0.05, 0) is 54.9 Å². The quantitative estimate of drug-likeness (QED) is 0.582. The number of amides is 1. The normalized spacial score (nSPS) is 15.2. The number of likely N-dealkylation sites (tertiary alicyclic amines) is 1. The van der Waals surface area contributed by atoms with Crippen LogP contribution in [0, 0.1) is 0 Å². The smallest absolute Gasteiger partial charge is 0.261 e. The lowest BCUT2D eigenvalue weighted by Crippen LogP contribution is -2.37. The van der Waals surface area contributed by atoms with Gasteiger partial charge in [0.15, 0.2) is 6.10 Å². The van der Waals surface area contributed by atoms with Crippen molar-refractivity contribution in [2.45, 2.75) is 45.4 Å². The van der Waals surface area contributed by atoms with Crippen molar-refractivity contribution in [3.05, 3.63) is 77.9 Å². The molecule has 1 N–H and O–H groups in total. The summed E-state index contributed by atoms with van der Waals surface area (Å²) in [5, 5.41) is 5.17. The van der Waals surface area contributed by atoms with Crippen molar-refractivity contribution < 1.29 is 9.53 Å². The number of carbonyl (C=O) groups is 1. The Labute approximate surface area is 178 Å². The maximum atomic E-state index is 12.7. The molecule has 1 saturated heterocycles. The zero-order valence-corrected chi connectivity index (χ0v) is 17.6. The van der Waals surface area contributed by atoms with Crippen LogP contribution in [0.5, 0.6) is 5.75 Å². The average molecular weight is 403 g/mol. The van der Waals surface area contributed by atoms with E-state index in [1.807, 2.05) is 37.3 Å². The Kier molecular flexibility index (Phi) is 6.65. The van der Waals surface area contributed by atoms with Crippen LogP contribution in [-0.4, -0.2) is 30.0 Å². The van der Waals surface area contributed by atoms with E-state index >= 15 is 0 Å². The summed E-state index contributed by atoms with van der Waals surface area (Å²) in [6.07, 6.45) is 2.72. The summed E-state index contributed by atoms with van der Waals surface area (Å²) in [4.78, 5) is 15.2. The Morgan fingerprint density at radius 1 is 0.967 bits per heavy atom. The van der Waals surface area contributed by atoms with Crippen LogP contribution in [0.2, 0.25) is 0 Å². The van der Waals surface area contributed by atoms with Gasteiger partial charge in [-0.1, -0.05) is 67.6 Å². The molecule has 3 aromatic rings. The standard InChI is InChI=1S/C26H30N2O2/c1-2-24(30-25-11-7-9-22-8-3-4-10-23(22)25)26(29)27-18-20-12-14-21(15-13-20)19-28-16-5-6-17-28/h3-4,7-15,24H,2,5-6,16-19H2,1H3,(H,27,29)/t24-/m0/s1. The van der Waals surface area contributed by atoms with E-state index in [1.54, 1.807) is 0 Å². The molecule has 0 bridgehead atoms. The summed E-state index contributed by atoms with van der Waals surface area (Å²) in [7, 11) is 0. The molecule has 3 aromatic carbocycles. The van der Waals surface area contributed by atoms with Gasteiger partial charge in [-0.15, -0.1) is 0 Å². The first-order chi connectivity index (χ1) is 14.7. The van der Waals surface area contributed by atoms with Crippen LogP contribution in [0.15, 0.2) is 66.7 Å². The van der Waals surface area contributed by atoms with Crippen LogP contribution in [0.4, 0.5) is 0 Å². The van der Waals surface area contributed by atoms with Gasteiger partial charge in [0.1, 0.15) is 5.75 Å². The molecule has 156 valence electrons. The van der Waals surface area contributed by atoms with Crippen LogP contribution in [0.25, 0.3) is 10.8 Å². The lowest BCUT2D eigenvalue weighted by molar-refractivity contribution is -0.128. The third-order valence-electron chi connectivity index (χ3n) is 5.78. The maximum absolute atomic E-state index is 12.7. The molecule has 0 saturated carbocycles. The second-order valence-electron chi connectivity index (χ2n) is 8.01. The van der Waals surface area contributed by atoms with Crippen LogP contribution in [0.3, 0.4) is 0 Å². The molecule has 1 heterocycles. The Hall–Kier alpha value is -2.85. The molecule has 0 aromatic heterocycles. The van der Waals surface area contributed by atoms with Gasteiger partial charge in [0, 0.05) is 18.5 Å². The van der Waals surface area contributed by atoms with E-state index in [9.17, 15) is 4.79 Å². The highest BCUT2D eigenvalue weighted by Gasteiger charge is 2.19. The largest absolute Gasteiger partial charge is 0.480 e. The van der Waals surface area contributed by atoms with Crippen LogP contribution < -0.4 is 10.1 Å². The molecule has 30 heavy (non-hydrogen) atoms. The zero-order valence-electron chi connectivity index (χ0n) is 17.6. The first kappa shape index (κ1) is 20.4. The van der Waals surface area contributed by atoms with Gasteiger partial charge >= 0.3 is 0 Å². The molecule has 0 radical (unpaired) electrons. The Bertz CT molecular complexity index is 972. The number of ether oxygens (including phenoxy) is 1. The molecule has 1 atom stereocenters. The molecule has 0 unspecified atom stereocenters. The molecule has 4 rings (SSSR count). The van der Waals surface area contributed by atoms with E-state index in [0.29, 0.717) is 13.0 Å². The van der Waals surface area contributed by atoms with Crippen LogP contribution in [-0.2, 0) is 17.9 Å². The average Bonchev–Trinajstić information content (AvgIpc) is 3.30. The number of carbonyl (C=O) groups excluding carboxylic acids is 1. The van der Waals surface area contributed by atoms with Gasteiger partial charge in [-0.3, -0.25) is 9.69 Å². The monoisotopic (exact) mass is 402 g/mol. The van der Waals surface area contributed by atoms with Crippen LogP contribution in [0.1, 0.15) is 37.3 Å². The summed E-state index contributed by atoms with van der Waals surface area (Å²) in [5.74, 6) is 0.674. The van der Waals surface area contributed by atoms with E-state index in [2.05, 4.69) is 46.6 Å². The Morgan fingerprint density at radius 3 is 2.43 bits per heavy atom. The van der Waals surface area contributed by atoms with Gasteiger partial charge in [0.05, 0.1) is 0 Å². The molecule has 1 amide bonds. The minimum Gasteiger partial charge on any atom is -0.480 e. The van der Waals surface area contributed by atoms with Crippen LogP contribution >= 0.6 is 0 Å². The molecule has 0 spiro atoms. The van der Waals surface area contributed by atoms with Gasteiger partial charge in [-0.2, -0.15) is 0 Å². The topological polar surface area (TPSA) is 41.6 Å². The van der Waals surface area contributed by atoms with Crippen molar-refractivity contribution in [2.75, 3.05) is 13.1 Å². The minimum atomic E-state index is -0.509. The van der Waals surface area contributed by atoms with Crippen molar-refractivity contribution in [2.24, 2.45) is 0 Å². The van der Waals surface area contributed by atoms with Gasteiger partial charge in [-0.25, -0.2) is 0 Å². The van der Waals surface area contributed by atoms with Gasteiger partial charge in [0.2, 0.25) is 0 Å². The minimum absolute atomic E-state index is 0.0772. The highest BCUT2D eigenvalue weighted by atomic mass is 16.5. The third-order valence-corrected chi connectivity index (χ3v) is 5.78. The number of benzene rings is 3. The SMILES string of the molecule is CC[C@H](Oc1cccc2ccccc12)C(=O)NCc1ccc(CN2CCCC2)cc1. The Balaban J connectivity index is 1.34. The number of rotatable bonds is 8. The number of nitrogens with zero attached hydrogens (tertiary/aromatic N) is 1. The van der Waals surface area contributed by atoms with Gasteiger partial charge < -0.3 is 10.1 Å². The fourth-order valence-electron chi connectivity index (χ4n) is 4.04. The molecule has 1 aliphatic rings. The van der Waals surface area contributed by atoms with E-state index in [-0.39, 0.29) is 5.91 Å². The summed E-state index contributed by atoms with van der Waals surface area (Å²) in [6, 6.07) is 22.6. The maximum Gasteiger partial charge on any atom is 0.261 e. The predicted molar refractivity (Wildman–Crippen MR) is 121 cm³/mol. The van der Waals surface area contributed by atoms with Crippen molar-refractivity contribution >= 4 is 16.7 Å². The molecular formula is C26H30N2O2. The highest BCUT2D eigenvalue weighted by molar-refractivity contribution is 5.89. The lowest BCUT2D eigenvalue weighted by Gasteiger charge is -2.19. The van der Waals surface area contributed by atoms with Crippen molar-refractivity contribution in [1.29, 1.82) is 0 Å². The summed E-state index contributed by atoms with van der Waals surface area (Å²) in [6.45, 7) is 5.91. The van der Waals surface area contributed by atoms with Crippen molar-refractivity contribution in [3.8, 4) is 5.75 Å². The number of hydrogen-bond donors (Lipinski definition) is 1. The third kappa shape index (κ3) is 5.00. The molecule has 4 heteroatoms. The molecule has 0 aliphatic carbocycles. The first-order valence-electron chi connectivity index (χ1n) is 11.0. The molecule has 4 nitrogen and oxygen atoms in total. The van der Waals surface area contributed by atoms with Crippen molar-refractivity contribution in [1.82, 2.24) is 10.2 Å². The second-order valence-corrected chi connectivity index (χ2v) is 8.01. The molecule has 1 fully saturated rings. The summed E-state index contributed by atoms with van der Waals surface area (Å²) >= 11 is 0. The van der Waals surface area contributed by atoms with Gasteiger partial charge in [0.25, 0.3) is 5.91 Å². The van der Waals surface area contributed by atoms with E-state index in [4.69, 9.17) is 4.74 Å². The first-order valence-corrected chi connectivity index (χ1v) is 11.0. The number of nitrogens with one attached hydrogen (secondary N) is 1. The number of hydrogen-bond acceptors (Lipinski definition) is 3. The predicted octanol–water partition coefficient (Wildman–Crippen LogP) is 4.91. The summed E-state index contributed by atoms with van der Waals surface area (Å²) in [5.41, 5.74) is 2.44. The summed E-state index contributed by atoms with van der Waals surface area (Å²) < 4.78 is 6.10. The Morgan fingerprint density at radius 2 is 1.67 bits per heavy atom. The fraction of sp³-hybridized carbons (Fsp3) is 0.346. The molecule has 1 aliphatic heterocycles. The highest BCUT2D eigenvalue weighted by Crippen LogP contribution is 2.26. The number of fused-ring (bicyclic) bond motifs is 1. The van der Waals surface area contributed by atoms with E-state index in [1.165, 1.54) is 31.5 Å². The van der Waals surface area contributed by atoms with E-state index < -0.39 is 6.10 Å². The van der Waals surface area contributed by atoms with Crippen molar-refractivity contribution in [3.63, 3.8) is 0 Å². The second kappa shape index (κ2) is 9.77.